The van der Waals surface area contributed by atoms with Crippen LogP contribution in [0.2, 0.25) is 10.0 Å². The van der Waals surface area contributed by atoms with Crippen LogP contribution in [-0.2, 0) is 17.6 Å². The molecule has 2 aromatic rings. The summed E-state index contributed by atoms with van der Waals surface area (Å²) in [5.74, 6) is -0.375. The van der Waals surface area contributed by atoms with Gasteiger partial charge in [0.25, 0.3) is 0 Å². The molecule has 0 radical (unpaired) electrons. The third kappa shape index (κ3) is 8.78. The Morgan fingerprint density at radius 2 is 1.73 bits per heavy atom. The molecule has 0 amide bonds. The first-order chi connectivity index (χ1) is 17.6. The molecule has 7 unspecified atom stereocenters. The van der Waals surface area contributed by atoms with E-state index in [-0.39, 0.29) is 17.2 Å². The number of carbonyl (C=O) groups is 1. The van der Waals surface area contributed by atoms with E-state index in [1.165, 1.54) is 11.3 Å². The second-order valence-corrected chi connectivity index (χ2v) is 12.1. The third-order valence-corrected chi connectivity index (χ3v) is 8.91. The number of ether oxygens (including phenoxy) is 1. The first-order valence-corrected chi connectivity index (χ1v) is 14.3. The summed E-state index contributed by atoms with van der Waals surface area (Å²) in [5, 5.41) is 49.3. The lowest BCUT2D eigenvalue weighted by atomic mass is 9.85. The summed E-state index contributed by atoms with van der Waals surface area (Å²) in [6, 6.07) is 8.98. The van der Waals surface area contributed by atoms with Gasteiger partial charge in [-0.05, 0) is 86.3 Å². The Morgan fingerprint density at radius 3 is 2.41 bits per heavy atom. The fraction of sp³-hybridized carbons (Fsp3) is 0.577. The van der Waals surface area contributed by atoms with Crippen molar-refractivity contribution in [3.05, 3.63) is 55.7 Å². The number of carbonyl (C=O) groups excluding carboxylic acids is 1. The number of aliphatic hydroxyl groups is 5. The Hall–Kier alpha value is -0.940. The molecule has 0 saturated heterocycles. The molecule has 1 saturated carbocycles. The molecule has 1 aromatic heterocycles. The number of halogens is 3. The molecule has 1 heterocycles. The molecule has 206 valence electrons. The van der Waals surface area contributed by atoms with E-state index in [1.54, 1.807) is 12.1 Å². The maximum absolute atomic E-state index is 12.3. The molecular formula is C26H33Cl3O7S. The standard InChI is InChI=1S/C26H33Cl3O7S/c27-15-8-14(9-16(28)10-15)4-6-19-18(20(29)11-21(19)31)3-1-2-17-5-7-24(37-17)26(35)36-13-23(33)25(34)22(32)12-30/h5,7-10,18-23,25,30-34H,1-4,6,11-13H2. The highest BCUT2D eigenvalue weighted by molar-refractivity contribution is 7.13. The van der Waals surface area contributed by atoms with Crippen LogP contribution in [0.25, 0.3) is 0 Å². The minimum atomic E-state index is -1.62. The second kappa shape index (κ2) is 14.4. The highest BCUT2D eigenvalue weighted by Crippen LogP contribution is 2.42. The minimum Gasteiger partial charge on any atom is -0.459 e. The molecule has 0 bridgehead atoms. The largest absolute Gasteiger partial charge is 0.459 e. The SMILES string of the molecule is O=C(OCC(O)C(O)C(O)CO)c1ccc(CCCC2C(Cl)CC(O)C2CCc2cc(Cl)cc(Cl)c2)s1. The normalized spacial score (nSPS) is 24.1. The van der Waals surface area contributed by atoms with Gasteiger partial charge in [0.2, 0.25) is 0 Å². The second-order valence-electron chi connectivity index (χ2n) is 9.53. The summed E-state index contributed by atoms with van der Waals surface area (Å²) in [6.45, 7) is -1.23. The average Bonchev–Trinajstić information content (AvgIpc) is 3.43. The molecule has 5 N–H and O–H groups in total. The van der Waals surface area contributed by atoms with Gasteiger partial charge >= 0.3 is 5.97 Å². The Morgan fingerprint density at radius 1 is 1.03 bits per heavy atom. The molecular weight excluding hydrogens is 563 g/mol. The number of aliphatic hydroxyl groups excluding tert-OH is 5. The van der Waals surface area contributed by atoms with Gasteiger partial charge in [-0.1, -0.05) is 23.2 Å². The summed E-state index contributed by atoms with van der Waals surface area (Å²) in [7, 11) is 0. The van der Waals surface area contributed by atoms with Crippen molar-refractivity contribution in [1.82, 2.24) is 0 Å². The van der Waals surface area contributed by atoms with Crippen LogP contribution in [0.4, 0.5) is 0 Å². The molecule has 1 aromatic carbocycles. The van der Waals surface area contributed by atoms with E-state index in [9.17, 15) is 25.2 Å². The molecule has 3 rings (SSSR count). The fourth-order valence-corrected chi connectivity index (χ4v) is 6.86. The van der Waals surface area contributed by atoms with E-state index >= 15 is 0 Å². The predicted octanol–water partition coefficient (Wildman–Crippen LogP) is 3.85. The van der Waals surface area contributed by atoms with Crippen LogP contribution in [-0.4, -0.2) is 74.5 Å². The van der Waals surface area contributed by atoms with E-state index in [0.29, 0.717) is 21.3 Å². The predicted molar refractivity (Wildman–Crippen MR) is 145 cm³/mol. The smallest absolute Gasteiger partial charge is 0.348 e. The molecule has 37 heavy (non-hydrogen) atoms. The van der Waals surface area contributed by atoms with Gasteiger partial charge in [0, 0.05) is 20.3 Å². The van der Waals surface area contributed by atoms with Crippen molar-refractivity contribution >= 4 is 52.1 Å². The topological polar surface area (TPSA) is 127 Å². The average molecular weight is 596 g/mol. The zero-order valence-corrected chi connectivity index (χ0v) is 23.3. The highest BCUT2D eigenvalue weighted by atomic mass is 35.5. The van der Waals surface area contributed by atoms with Crippen molar-refractivity contribution in [1.29, 1.82) is 0 Å². The molecule has 7 atom stereocenters. The monoisotopic (exact) mass is 594 g/mol. The van der Waals surface area contributed by atoms with Crippen LogP contribution in [0.3, 0.4) is 0 Å². The number of esters is 1. The molecule has 7 nitrogen and oxygen atoms in total. The van der Waals surface area contributed by atoms with E-state index in [0.717, 1.165) is 42.5 Å². The van der Waals surface area contributed by atoms with Gasteiger partial charge in [-0.2, -0.15) is 0 Å². The quantitative estimate of drug-likeness (QED) is 0.176. The van der Waals surface area contributed by atoms with Gasteiger partial charge in [0.15, 0.2) is 0 Å². The maximum atomic E-state index is 12.3. The molecule has 0 aliphatic heterocycles. The lowest BCUT2D eigenvalue weighted by molar-refractivity contribution is -0.0925. The number of aryl methyl sites for hydroxylation is 2. The summed E-state index contributed by atoms with van der Waals surface area (Å²) in [5.41, 5.74) is 1.03. The van der Waals surface area contributed by atoms with Crippen molar-refractivity contribution in [2.24, 2.45) is 11.8 Å². The highest BCUT2D eigenvalue weighted by Gasteiger charge is 2.40. The van der Waals surface area contributed by atoms with Crippen LogP contribution in [0.15, 0.2) is 30.3 Å². The lowest BCUT2D eigenvalue weighted by Gasteiger charge is -2.23. The van der Waals surface area contributed by atoms with E-state index in [1.807, 2.05) is 18.2 Å². The van der Waals surface area contributed by atoms with Gasteiger partial charge in [0.05, 0.1) is 12.7 Å². The number of thiophene rings is 1. The van der Waals surface area contributed by atoms with Crippen molar-refractivity contribution in [3.8, 4) is 0 Å². The van der Waals surface area contributed by atoms with Gasteiger partial charge in [0.1, 0.15) is 29.8 Å². The number of benzene rings is 1. The van der Waals surface area contributed by atoms with Crippen molar-refractivity contribution in [2.45, 2.75) is 68.3 Å². The molecule has 0 spiro atoms. The van der Waals surface area contributed by atoms with E-state index < -0.39 is 43.6 Å². The maximum Gasteiger partial charge on any atom is 0.348 e. The summed E-state index contributed by atoms with van der Waals surface area (Å²) in [4.78, 5) is 13.6. The van der Waals surface area contributed by atoms with Crippen molar-refractivity contribution < 1.29 is 35.1 Å². The summed E-state index contributed by atoms with van der Waals surface area (Å²) >= 11 is 20.1. The molecule has 11 heteroatoms. The first-order valence-electron chi connectivity index (χ1n) is 12.3. The van der Waals surface area contributed by atoms with Crippen molar-refractivity contribution in [2.75, 3.05) is 13.2 Å². The minimum absolute atomic E-state index is 0.0836. The van der Waals surface area contributed by atoms with Crippen LogP contribution in [0.1, 0.15) is 45.8 Å². The van der Waals surface area contributed by atoms with Gasteiger partial charge in [-0.3, -0.25) is 0 Å². The van der Waals surface area contributed by atoms with Gasteiger partial charge < -0.3 is 30.3 Å². The van der Waals surface area contributed by atoms with E-state index in [2.05, 4.69) is 0 Å². The lowest BCUT2D eigenvalue weighted by Crippen LogP contribution is -2.42. The zero-order chi connectivity index (χ0) is 27.1. The van der Waals surface area contributed by atoms with Gasteiger partial charge in [-0.15, -0.1) is 22.9 Å². The van der Waals surface area contributed by atoms with E-state index in [4.69, 9.17) is 44.6 Å². The Bertz CT molecular complexity index is 1000. The zero-order valence-electron chi connectivity index (χ0n) is 20.2. The number of rotatable bonds is 13. The number of hydrogen-bond acceptors (Lipinski definition) is 8. The Balaban J connectivity index is 1.47. The first kappa shape index (κ1) is 30.6. The van der Waals surface area contributed by atoms with Crippen LogP contribution < -0.4 is 0 Å². The van der Waals surface area contributed by atoms with Crippen LogP contribution in [0, 0.1) is 11.8 Å². The van der Waals surface area contributed by atoms with Crippen LogP contribution in [0.5, 0.6) is 0 Å². The third-order valence-electron chi connectivity index (χ3n) is 6.85. The van der Waals surface area contributed by atoms with Gasteiger partial charge in [-0.25, -0.2) is 4.79 Å². The fourth-order valence-electron chi connectivity index (χ4n) is 4.85. The summed E-state index contributed by atoms with van der Waals surface area (Å²) < 4.78 is 5.03. The summed E-state index contributed by atoms with van der Waals surface area (Å²) in [6.07, 6.45) is -0.557. The molecule has 1 fully saturated rings. The number of hydrogen-bond donors (Lipinski definition) is 5. The molecule has 1 aliphatic carbocycles. The van der Waals surface area contributed by atoms with Crippen molar-refractivity contribution in [3.63, 3.8) is 0 Å². The molecule has 1 aliphatic rings. The number of alkyl halides is 1. The Labute approximate surface area is 235 Å². The Kier molecular flexibility index (Phi) is 11.9. The van der Waals surface area contributed by atoms with Crippen LogP contribution >= 0.6 is 46.1 Å².